The lowest BCUT2D eigenvalue weighted by atomic mass is 9.91. The lowest BCUT2D eigenvalue weighted by Gasteiger charge is -2.32. The second-order valence-corrected chi connectivity index (χ2v) is 6.82. The average molecular weight is 394 g/mol. The van der Waals surface area contributed by atoms with E-state index < -0.39 is 5.91 Å². The molecule has 150 valence electrons. The van der Waals surface area contributed by atoms with Crippen LogP contribution in [0.5, 0.6) is 23.0 Å². The number of primary amides is 1. The third-order valence-electron chi connectivity index (χ3n) is 5.09. The first-order chi connectivity index (χ1) is 14.1. The van der Waals surface area contributed by atoms with Crippen LogP contribution in [0.3, 0.4) is 0 Å². The number of carbonyl (C=O) groups is 1. The van der Waals surface area contributed by atoms with Crippen LogP contribution in [0.4, 0.5) is 0 Å². The zero-order chi connectivity index (χ0) is 20.4. The Hall–Kier alpha value is -3.37. The van der Waals surface area contributed by atoms with E-state index in [1.807, 2.05) is 13.1 Å². The summed E-state index contributed by atoms with van der Waals surface area (Å²) in [7, 11) is 3.65. The van der Waals surface area contributed by atoms with Crippen molar-refractivity contribution in [2.75, 3.05) is 34.1 Å². The number of nitrogens with zero attached hydrogens (tertiary/aromatic N) is 1. The van der Waals surface area contributed by atoms with Gasteiger partial charge in [0.1, 0.15) is 18.4 Å². The van der Waals surface area contributed by atoms with Gasteiger partial charge in [-0.3, -0.25) is 9.69 Å². The van der Waals surface area contributed by atoms with E-state index in [0.717, 1.165) is 24.1 Å². The van der Waals surface area contributed by atoms with Crippen molar-refractivity contribution in [3.8, 4) is 34.8 Å². The summed E-state index contributed by atoms with van der Waals surface area (Å²) in [4.78, 5) is 13.7. The summed E-state index contributed by atoms with van der Waals surface area (Å²) in [5, 5.41) is 0. The van der Waals surface area contributed by atoms with Crippen LogP contribution in [-0.4, -0.2) is 44.9 Å². The van der Waals surface area contributed by atoms with E-state index >= 15 is 0 Å². The number of carbonyl (C=O) groups excluding carboxylic acids is 1. The lowest BCUT2D eigenvalue weighted by molar-refractivity contribution is 0.0997. The molecule has 2 aliphatic heterocycles. The van der Waals surface area contributed by atoms with Gasteiger partial charge in [0.25, 0.3) is 5.91 Å². The van der Waals surface area contributed by atoms with Crippen molar-refractivity contribution < 1.29 is 23.7 Å². The van der Waals surface area contributed by atoms with Crippen molar-refractivity contribution in [3.63, 3.8) is 0 Å². The summed E-state index contributed by atoms with van der Waals surface area (Å²) < 4.78 is 22.5. The molecule has 0 aromatic heterocycles. The first kappa shape index (κ1) is 19.0. The standard InChI is InChI=1S/C22H22N2O5/c1-24-10-9-14-12-18-20(29-13-28-18)21(26-2)19(14)16(24)7-5-11-27-17-8-4-3-6-15(17)22(23)25/h3-4,6,8,12,16H,9-11,13H2,1-2H3,(H2,23,25)/t16-/m0/s1. The third kappa shape index (κ3) is 3.55. The number of ether oxygens (including phenoxy) is 4. The molecular weight excluding hydrogens is 372 g/mol. The van der Waals surface area contributed by atoms with Gasteiger partial charge in [-0.05, 0) is 37.2 Å². The molecule has 0 unspecified atom stereocenters. The molecule has 1 amide bonds. The van der Waals surface area contributed by atoms with Gasteiger partial charge in [-0.25, -0.2) is 0 Å². The maximum atomic E-state index is 11.5. The fraction of sp³-hybridized carbons (Fsp3) is 0.318. The highest BCUT2D eigenvalue weighted by molar-refractivity contribution is 5.95. The van der Waals surface area contributed by atoms with E-state index in [4.69, 9.17) is 24.7 Å². The number of fused-ring (bicyclic) bond motifs is 2. The summed E-state index contributed by atoms with van der Waals surface area (Å²) in [6.45, 7) is 1.19. The number of para-hydroxylation sites is 1. The average Bonchev–Trinajstić information content (AvgIpc) is 3.19. The van der Waals surface area contributed by atoms with Crippen molar-refractivity contribution in [2.45, 2.75) is 12.5 Å². The number of nitrogens with two attached hydrogens (primary N) is 1. The molecule has 4 rings (SSSR count). The molecule has 2 heterocycles. The number of hydrogen-bond acceptors (Lipinski definition) is 6. The molecule has 2 aromatic carbocycles. The quantitative estimate of drug-likeness (QED) is 0.800. The van der Waals surface area contributed by atoms with E-state index in [1.165, 1.54) is 0 Å². The first-order valence-electron chi connectivity index (χ1n) is 9.29. The summed E-state index contributed by atoms with van der Waals surface area (Å²) in [5.74, 6) is 8.23. The molecule has 7 heteroatoms. The number of methoxy groups -OCH3 is 1. The highest BCUT2D eigenvalue weighted by atomic mass is 16.7. The predicted molar refractivity (Wildman–Crippen MR) is 106 cm³/mol. The Labute approximate surface area is 169 Å². The fourth-order valence-electron chi connectivity index (χ4n) is 3.66. The third-order valence-corrected chi connectivity index (χ3v) is 5.09. The second kappa shape index (κ2) is 7.94. The summed E-state index contributed by atoms with van der Waals surface area (Å²) >= 11 is 0. The zero-order valence-electron chi connectivity index (χ0n) is 16.4. The molecule has 2 aliphatic rings. The van der Waals surface area contributed by atoms with Crippen molar-refractivity contribution in [3.05, 3.63) is 47.0 Å². The minimum absolute atomic E-state index is 0.136. The number of benzene rings is 2. The van der Waals surface area contributed by atoms with Gasteiger partial charge in [-0.2, -0.15) is 0 Å². The topological polar surface area (TPSA) is 83.3 Å². The molecule has 2 N–H and O–H groups in total. The Morgan fingerprint density at radius 2 is 2.17 bits per heavy atom. The molecule has 2 aromatic rings. The smallest absolute Gasteiger partial charge is 0.252 e. The van der Waals surface area contributed by atoms with Gasteiger partial charge < -0.3 is 24.7 Å². The normalized spacial score (nSPS) is 17.1. The molecule has 29 heavy (non-hydrogen) atoms. The predicted octanol–water partition coefficient (Wildman–Crippen LogP) is 2.13. The van der Waals surface area contributed by atoms with E-state index in [1.54, 1.807) is 31.4 Å². The second-order valence-electron chi connectivity index (χ2n) is 6.82. The summed E-state index contributed by atoms with van der Waals surface area (Å²) in [6, 6.07) is 8.70. The number of hydrogen-bond donors (Lipinski definition) is 1. The minimum atomic E-state index is -0.532. The summed E-state index contributed by atoms with van der Waals surface area (Å²) in [5.41, 5.74) is 7.86. The van der Waals surface area contributed by atoms with E-state index in [2.05, 4.69) is 16.7 Å². The Bertz CT molecular complexity index is 1010. The molecule has 1 atom stereocenters. The van der Waals surface area contributed by atoms with Crippen molar-refractivity contribution >= 4 is 5.91 Å². The number of likely N-dealkylation sites (N-methyl/N-ethyl adjacent to an activating group) is 1. The van der Waals surface area contributed by atoms with E-state index in [9.17, 15) is 4.79 Å². The van der Waals surface area contributed by atoms with Crippen LogP contribution in [-0.2, 0) is 6.42 Å². The molecule has 7 nitrogen and oxygen atoms in total. The molecule has 0 saturated heterocycles. The van der Waals surface area contributed by atoms with Gasteiger partial charge in [0.15, 0.2) is 11.5 Å². The van der Waals surface area contributed by atoms with Gasteiger partial charge in [0.05, 0.1) is 12.7 Å². The molecule has 0 aliphatic carbocycles. The van der Waals surface area contributed by atoms with Crippen LogP contribution in [0, 0.1) is 11.8 Å². The van der Waals surface area contributed by atoms with Crippen molar-refractivity contribution in [1.82, 2.24) is 4.90 Å². The highest BCUT2D eigenvalue weighted by Crippen LogP contribution is 2.49. The van der Waals surface area contributed by atoms with Crippen LogP contribution < -0.4 is 24.7 Å². The number of amides is 1. The first-order valence-corrected chi connectivity index (χ1v) is 9.29. The Kier molecular flexibility index (Phi) is 5.19. The van der Waals surface area contributed by atoms with Gasteiger partial charge in [0, 0.05) is 12.1 Å². The maximum Gasteiger partial charge on any atom is 0.252 e. The highest BCUT2D eigenvalue weighted by Gasteiger charge is 2.33. The van der Waals surface area contributed by atoms with Crippen LogP contribution in [0.1, 0.15) is 27.5 Å². The largest absolute Gasteiger partial charge is 0.492 e. The van der Waals surface area contributed by atoms with Gasteiger partial charge in [-0.15, -0.1) is 0 Å². The van der Waals surface area contributed by atoms with Gasteiger partial charge >= 0.3 is 0 Å². The Morgan fingerprint density at radius 1 is 1.34 bits per heavy atom. The SMILES string of the molecule is COc1c2c(cc3c1[C@H](C#CCOc1ccccc1C(N)=O)N(C)CC3)OCO2. The van der Waals surface area contributed by atoms with Crippen molar-refractivity contribution in [2.24, 2.45) is 5.73 Å². The van der Waals surface area contributed by atoms with Gasteiger partial charge in [-0.1, -0.05) is 24.0 Å². The monoisotopic (exact) mass is 394 g/mol. The molecule has 0 radical (unpaired) electrons. The molecule has 0 saturated carbocycles. The fourth-order valence-corrected chi connectivity index (χ4v) is 3.66. The van der Waals surface area contributed by atoms with E-state index in [-0.39, 0.29) is 19.4 Å². The summed E-state index contributed by atoms with van der Waals surface area (Å²) in [6.07, 6.45) is 0.875. The minimum Gasteiger partial charge on any atom is -0.492 e. The molecule has 0 spiro atoms. The molecular formula is C22H22N2O5. The van der Waals surface area contributed by atoms with Gasteiger partial charge in [0.2, 0.25) is 12.5 Å². The Morgan fingerprint density at radius 3 is 2.97 bits per heavy atom. The molecule has 0 bridgehead atoms. The Balaban J connectivity index is 1.59. The number of rotatable bonds is 4. The molecule has 0 fully saturated rings. The zero-order valence-corrected chi connectivity index (χ0v) is 16.4. The van der Waals surface area contributed by atoms with E-state index in [0.29, 0.717) is 28.6 Å². The van der Waals surface area contributed by atoms with Crippen LogP contribution in [0.15, 0.2) is 30.3 Å². The van der Waals surface area contributed by atoms with Crippen LogP contribution in [0.25, 0.3) is 0 Å². The lowest BCUT2D eigenvalue weighted by Crippen LogP contribution is -2.31. The van der Waals surface area contributed by atoms with Crippen molar-refractivity contribution in [1.29, 1.82) is 0 Å². The van der Waals surface area contributed by atoms with Crippen LogP contribution >= 0.6 is 0 Å². The van der Waals surface area contributed by atoms with Crippen LogP contribution in [0.2, 0.25) is 0 Å². The maximum absolute atomic E-state index is 11.5.